The standard InChI is InChI=1S/C28H21ClF6N4O2/c29-25-12-17(5-7-36-25)14-37-27(40)39-23-6-9-38(8-1-2-16-10-21(30)26(32)22(31)11-16)15-20(23)19-4-3-18(13-24(19)39)41-28(33,34)35/h1-5,7,10-13H,6,8-9,14-15H2,(H,37,40). The van der Waals surface area contributed by atoms with Crippen LogP contribution in [0.5, 0.6) is 5.75 Å². The van der Waals surface area contributed by atoms with Crippen molar-refractivity contribution in [3.8, 4) is 5.75 Å². The van der Waals surface area contributed by atoms with Gasteiger partial charge in [0, 0.05) is 55.9 Å². The molecule has 1 aliphatic heterocycles. The number of carbonyl (C=O) groups excluding carboxylic acids is 1. The van der Waals surface area contributed by atoms with Gasteiger partial charge in [-0.05, 0) is 53.1 Å². The highest BCUT2D eigenvalue weighted by molar-refractivity contribution is 6.29. The molecule has 1 N–H and O–H groups in total. The first-order chi connectivity index (χ1) is 19.5. The number of amides is 1. The summed E-state index contributed by atoms with van der Waals surface area (Å²) in [5, 5.41) is 3.60. The molecule has 0 saturated heterocycles. The number of fused-ring (bicyclic) bond motifs is 3. The van der Waals surface area contributed by atoms with E-state index >= 15 is 0 Å². The summed E-state index contributed by atoms with van der Waals surface area (Å²) in [5.41, 5.74) is 2.47. The monoisotopic (exact) mass is 594 g/mol. The largest absolute Gasteiger partial charge is 0.573 e. The Bertz CT molecular complexity index is 1630. The Balaban J connectivity index is 1.42. The fraction of sp³-hybridized carbons (Fsp3) is 0.214. The minimum Gasteiger partial charge on any atom is -0.406 e. The summed E-state index contributed by atoms with van der Waals surface area (Å²) in [7, 11) is 0. The van der Waals surface area contributed by atoms with E-state index in [4.69, 9.17) is 11.6 Å². The molecule has 0 fully saturated rings. The Hall–Kier alpha value is -4.03. The molecule has 6 nitrogen and oxygen atoms in total. The Morgan fingerprint density at radius 2 is 1.85 bits per heavy atom. The van der Waals surface area contributed by atoms with Crippen LogP contribution in [-0.2, 0) is 19.5 Å². The molecule has 4 aromatic rings. The fourth-order valence-corrected chi connectivity index (χ4v) is 4.99. The smallest absolute Gasteiger partial charge is 0.406 e. The first kappa shape index (κ1) is 28.5. The zero-order valence-corrected chi connectivity index (χ0v) is 21.9. The van der Waals surface area contributed by atoms with Crippen LogP contribution >= 0.6 is 11.6 Å². The first-order valence-electron chi connectivity index (χ1n) is 12.3. The zero-order chi connectivity index (χ0) is 29.3. The van der Waals surface area contributed by atoms with E-state index < -0.39 is 35.6 Å². The Morgan fingerprint density at radius 1 is 1.10 bits per heavy atom. The van der Waals surface area contributed by atoms with E-state index in [1.165, 1.54) is 35.0 Å². The van der Waals surface area contributed by atoms with E-state index in [2.05, 4.69) is 15.0 Å². The maximum absolute atomic E-state index is 13.5. The second-order valence-corrected chi connectivity index (χ2v) is 9.71. The molecule has 214 valence electrons. The normalized spacial score (nSPS) is 14.0. The number of halogens is 7. The van der Waals surface area contributed by atoms with E-state index in [1.54, 1.807) is 18.2 Å². The Labute approximate surface area is 234 Å². The second kappa shape index (κ2) is 11.5. The molecular formula is C28H21ClF6N4O2. The number of carbonyl (C=O) groups is 1. The molecule has 2 aromatic carbocycles. The zero-order valence-electron chi connectivity index (χ0n) is 21.1. The van der Waals surface area contributed by atoms with Crippen molar-refractivity contribution in [2.24, 2.45) is 0 Å². The van der Waals surface area contributed by atoms with E-state index in [9.17, 15) is 31.1 Å². The molecule has 0 bridgehead atoms. The van der Waals surface area contributed by atoms with Crippen LogP contribution in [0.3, 0.4) is 0 Å². The topological polar surface area (TPSA) is 59.4 Å². The van der Waals surface area contributed by atoms with Crippen LogP contribution in [0.4, 0.5) is 31.1 Å². The SMILES string of the molecule is O=C(NCc1ccnc(Cl)c1)n1c2c(c3ccc(OC(F)(F)F)cc31)CN(CC=Cc1cc(F)c(F)c(F)c1)CC2. The van der Waals surface area contributed by atoms with Crippen LogP contribution in [0.25, 0.3) is 17.0 Å². The van der Waals surface area contributed by atoms with E-state index in [1.807, 2.05) is 4.90 Å². The molecule has 5 rings (SSSR count). The molecule has 1 amide bonds. The van der Waals surface area contributed by atoms with Gasteiger partial charge in [0.25, 0.3) is 0 Å². The number of nitrogens with one attached hydrogen (secondary N) is 1. The number of alkyl halides is 3. The minimum atomic E-state index is -4.91. The number of pyridine rings is 1. The third kappa shape index (κ3) is 6.49. The average molecular weight is 595 g/mol. The van der Waals surface area contributed by atoms with Gasteiger partial charge in [0.05, 0.1) is 5.52 Å². The highest BCUT2D eigenvalue weighted by Gasteiger charge is 2.32. The lowest BCUT2D eigenvalue weighted by atomic mass is 10.0. The predicted molar refractivity (Wildman–Crippen MR) is 140 cm³/mol. The van der Waals surface area contributed by atoms with Crippen molar-refractivity contribution < 1.29 is 35.9 Å². The van der Waals surface area contributed by atoms with Crippen LogP contribution in [0.1, 0.15) is 22.4 Å². The van der Waals surface area contributed by atoms with Gasteiger partial charge in [-0.3, -0.25) is 9.47 Å². The quantitative estimate of drug-likeness (QED) is 0.151. The van der Waals surface area contributed by atoms with Gasteiger partial charge in [0.15, 0.2) is 17.5 Å². The molecular weight excluding hydrogens is 574 g/mol. The highest BCUT2D eigenvalue weighted by Crippen LogP contribution is 2.34. The maximum Gasteiger partial charge on any atom is 0.573 e. The van der Waals surface area contributed by atoms with Gasteiger partial charge in [-0.2, -0.15) is 0 Å². The van der Waals surface area contributed by atoms with Gasteiger partial charge in [-0.1, -0.05) is 23.8 Å². The molecule has 0 unspecified atom stereocenters. The van der Waals surface area contributed by atoms with Crippen molar-refractivity contribution in [3.05, 3.63) is 99.7 Å². The Kier molecular flexibility index (Phi) is 7.96. The molecule has 1 aliphatic rings. The first-order valence-corrected chi connectivity index (χ1v) is 12.7. The van der Waals surface area contributed by atoms with Gasteiger partial charge >= 0.3 is 12.4 Å². The predicted octanol–water partition coefficient (Wildman–Crippen LogP) is 6.84. The van der Waals surface area contributed by atoms with Crippen LogP contribution in [-0.4, -0.2) is 39.9 Å². The van der Waals surface area contributed by atoms with Crippen molar-refractivity contribution in [2.45, 2.75) is 25.9 Å². The molecule has 3 heterocycles. The van der Waals surface area contributed by atoms with E-state index in [0.717, 1.165) is 17.7 Å². The van der Waals surface area contributed by atoms with Gasteiger partial charge < -0.3 is 10.1 Å². The van der Waals surface area contributed by atoms with Gasteiger partial charge in [-0.25, -0.2) is 22.9 Å². The number of rotatable bonds is 6. The lowest BCUT2D eigenvalue weighted by Crippen LogP contribution is -2.34. The third-order valence-corrected chi connectivity index (χ3v) is 6.76. The Morgan fingerprint density at radius 3 is 2.56 bits per heavy atom. The van der Waals surface area contributed by atoms with Crippen LogP contribution in [0, 0.1) is 17.5 Å². The molecule has 0 atom stereocenters. The van der Waals surface area contributed by atoms with Crippen LogP contribution in [0.15, 0.2) is 54.7 Å². The molecule has 41 heavy (non-hydrogen) atoms. The van der Waals surface area contributed by atoms with Crippen molar-refractivity contribution in [1.82, 2.24) is 19.8 Å². The van der Waals surface area contributed by atoms with Gasteiger partial charge in [0.1, 0.15) is 10.9 Å². The number of ether oxygens (including phenoxy) is 1. The molecule has 2 aromatic heterocycles. The number of hydrogen-bond acceptors (Lipinski definition) is 4. The highest BCUT2D eigenvalue weighted by atomic mass is 35.5. The lowest BCUT2D eigenvalue weighted by Gasteiger charge is -2.27. The fourth-order valence-electron chi connectivity index (χ4n) is 4.80. The molecule has 0 saturated carbocycles. The summed E-state index contributed by atoms with van der Waals surface area (Å²) in [6.45, 7) is 1.30. The summed E-state index contributed by atoms with van der Waals surface area (Å²) in [6, 6.07) is 8.32. The molecule has 0 spiro atoms. The summed E-state index contributed by atoms with van der Waals surface area (Å²) in [6.07, 6.45) is 0.0976. The lowest BCUT2D eigenvalue weighted by molar-refractivity contribution is -0.274. The van der Waals surface area contributed by atoms with Crippen molar-refractivity contribution in [3.63, 3.8) is 0 Å². The van der Waals surface area contributed by atoms with Crippen molar-refractivity contribution in [1.29, 1.82) is 0 Å². The van der Waals surface area contributed by atoms with E-state index in [-0.39, 0.29) is 22.8 Å². The summed E-state index contributed by atoms with van der Waals surface area (Å²) < 4.78 is 84.5. The summed E-state index contributed by atoms with van der Waals surface area (Å²) >= 11 is 5.91. The molecule has 0 aliphatic carbocycles. The second-order valence-electron chi connectivity index (χ2n) is 9.32. The van der Waals surface area contributed by atoms with Crippen LogP contribution < -0.4 is 10.1 Å². The molecule has 13 heteroatoms. The number of aromatic nitrogens is 2. The maximum atomic E-state index is 13.5. The van der Waals surface area contributed by atoms with Crippen molar-refractivity contribution >= 4 is 34.6 Å². The summed E-state index contributed by atoms with van der Waals surface area (Å²) in [5.74, 6) is -4.59. The minimum absolute atomic E-state index is 0.107. The van der Waals surface area contributed by atoms with Gasteiger partial charge in [0.2, 0.25) is 0 Å². The number of benzene rings is 2. The third-order valence-electron chi connectivity index (χ3n) is 6.55. The van der Waals surface area contributed by atoms with E-state index in [0.29, 0.717) is 42.7 Å². The average Bonchev–Trinajstić information content (AvgIpc) is 3.22. The van der Waals surface area contributed by atoms with Crippen LogP contribution in [0.2, 0.25) is 5.15 Å². The number of nitrogens with zero attached hydrogens (tertiary/aromatic N) is 3. The van der Waals surface area contributed by atoms with Crippen molar-refractivity contribution in [2.75, 3.05) is 13.1 Å². The molecule has 0 radical (unpaired) electrons. The van der Waals surface area contributed by atoms with Gasteiger partial charge in [-0.15, -0.1) is 13.2 Å². The summed E-state index contributed by atoms with van der Waals surface area (Å²) in [4.78, 5) is 19.3. The number of hydrogen-bond donors (Lipinski definition) is 1.